The lowest BCUT2D eigenvalue weighted by Gasteiger charge is -2.42. The Kier molecular flexibility index (Phi) is 3.30. The van der Waals surface area contributed by atoms with Gasteiger partial charge in [0.2, 0.25) is 0 Å². The van der Waals surface area contributed by atoms with Crippen molar-refractivity contribution in [3.05, 3.63) is 36.0 Å². The van der Waals surface area contributed by atoms with E-state index in [0.29, 0.717) is 5.56 Å². The van der Waals surface area contributed by atoms with E-state index in [1.807, 2.05) is 24.3 Å². The number of piperidine rings is 1. The molecule has 1 aliphatic heterocycles. The zero-order valence-corrected chi connectivity index (χ0v) is 12.5. The Morgan fingerprint density at radius 1 is 1.38 bits per heavy atom. The van der Waals surface area contributed by atoms with E-state index < -0.39 is 0 Å². The maximum Gasteiger partial charge on any atom is 0.101 e. The molecule has 0 amide bonds. The molecule has 2 heterocycles. The average molecular weight is 280 g/mol. The van der Waals surface area contributed by atoms with Crippen molar-refractivity contribution in [1.29, 1.82) is 5.26 Å². The van der Waals surface area contributed by atoms with Gasteiger partial charge in [0, 0.05) is 36.4 Å². The number of hydrogen-bond donors (Lipinski definition) is 1. The summed E-state index contributed by atoms with van der Waals surface area (Å²) in [6.07, 6.45) is 2.77. The number of nitrogens with zero attached hydrogens (tertiary/aromatic N) is 3. The number of aromatic nitrogens is 1. The van der Waals surface area contributed by atoms with Gasteiger partial charge in [-0.1, -0.05) is 13.8 Å². The van der Waals surface area contributed by atoms with Crippen molar-refractivity contribution in [2.45, 2.75) is 26.3 Å². The first-order valence-electron chi connectivity index (χ1n) is 7.28. The average Bonchev–Trinajstić information content (AvgIpc) is 2.44. The molecule has 108 valence electrons. The Labute approximate surface area is 125 Å². The zero-order chi connectivity index (χ0) is 15.0. The van der Waals surface area contributed by atoms with E-state index in [-0.39, 0.29) is 11.5 Å². The molecule has 1 aromatic carbocycles. The molecule has 0 spiro atoms. The van der Waals surface area contributed by atoms with Crippen LogP contribution in [-0.4, -0.2) is 24.1 Å². The standard InChI is InChI=1S/C17H20N4/c1-17(2)8-13(19)10-21(11-17)15-6-5-12(9-18)16-14(15)4-3-7-20-16/h3-7,13H,8,10-11,19H2,1-2H3. The third-order valence-corrected chi connectivity index (χ3v) is 4.10. The minimum Gasteiger partial charge on any atom is -0.369 e. The molecular formula is C17H20N4. The van der Waals surface area contributed by atoms with Crippen molar-refractivity contribution in [2.24, 2.45) is 11.1 Å². The highest BCUT2D eigenvalue weighted by atomic mass is 15.2. The molecule has 21 heavy (non-hydrogen) atoms. The maximum absolute atomic E-state index is 9.24. The molecule has 1 unspecified atom stereocenters. The van der Waals surface area contributed by atoms with Gasteiger partial charge in [0.05, 0.1) is 11.1 Å². The molecular weight excluding hydrogens is 260 g/mol. The number of rotatable bonds is 1. The summed E-state index contributed by atoms with van der Waals surface area (Å²) in [5.41, 5.74) is 8.94. The molecule has 1 aliphatic rings. The molecule has 1 fully saturated rings. The van der Waals surface area contributed by atoms with Crippen molar-refractivity contribution in [3.63, 3.8) is 0 Å². The Bertz CT molecular complexity index is 714. The minimum absolute atomic E-state index is 0.177. The molecule has 0 radical (unpaired) electrons. The van der Waals surface area contributed by atoms with Crippen molar-refractivity contribution >= 4 is 16.6 Å². The molecule has 0 bridgehead atoms. The van der Waals surface area contributed by atoms with Crippen LogP contribution in [0, 0.1) is 16.7 Å². The second-order valence-electron chi connectivity index (χ2n) is 6.65. The molecule has 2 N–H and O–H groups in total. The van der Waals surface area contributed by atoms with Gasteiger partial charge in [-0.3, -0.25) is 4.98 Å². The molecule has 0 saturated carbocycles. The van der Waals surface area contributed by atoms with Crippen LogP contribution in [0.5, 0.6) is 0 Å². The third-order valence-electron chi connectivity index (χ3n) is 4.10. The summed E-state index contributed by atoms with van der Waals surface area (Å²) in [5, 5.41) is 10.3. The maximum atomic E-state index is 9.24. The van der Waals surface area contributed by atoms with Crippen LogP contribution in [0.15, 0.2) is 30.5 Å². The van der Waals surface area contributed by atoms with Crippen LogP contribution in [0.2, 0.25) is 0 Å². The van der Waals surface area contributed by atoms with Crippen molar-refractivity contribution in [2.75, 3.05) is 18.0 Å². The van der Waals surface area contributed by atoms with Gasteiger partial charge in [-0.15, -0.1) is 0 Å². The normalized spacial score (nSPS) is 21.2. The number of nitrogens with two attached hydrogens (primary N) is 1. The van der Waals surface area contributed by atoms with Gasteiger partial charge in [0.1, 0.15) is 6.07 Å². The molecule has 2 aromatic rings. The number of pyridine rings is 1. The number of anilines is 1. The lowest BCUT2D eigenvalue weighted by molar-refractivity contribution is 0.268. The smallest absolute Gasteiger partial charge is 0.101 e. The van der Waals surface area contributed by atoms with Gasteiger partial charge >= 0.3 is 0 Å². The Balaban J connectivity index is 2.11. The van der Waals surface area contributed by atoms with E-state index in [1.165, 1.54) is 0 Å². The predicted octanol–water partition coefficient (Wildman–Crippen LogP) is 2.67. The lowest BCUT2D eigenvalue weighted by atomic mass is 9.81. The largest absolute Gasteiger partial charge is 0.369 e. The van der Waals surface area contributed by atoms with E-state index in [0.717, 1.165) is 36.1 Å². The SMILES string of the molecule is CC1(C)CC(N)CN(c2ccc(C#N)c3ncccc23)C1. The van der Waals surface area contributed by atoms with Crippen LogP contribution < -0.4 is 10.6 Å². The topological polar surface area (TPSA) is 65.9 Å². The Morgan fingerprint density at radius 2 is 2.19 bits per heavy atom. The highest BCUT2D eigenvalue weighted by Gasteiger charge is 2.31. The summed E-state index contributed by atoms with van der Waals surface area (Å²) in [7, 11) is 0. The van der Waals surface area contributed by atoms with Gasteiger partial charge in [0.25, 0.3) is 0 Å². The Hall–Kier alpha value is -2.12. The molecule has 1 saturated heterocycles. The second-order valence-corrected chi connectivity index (χ2v) is 6.65. The van der Waals surface area contributed by atoms with Crippen LogP contribution in [0.3, 0.4) is 0 Å². The number of benzene rings is 1. The highest BCUT2D eigenvalue weighted by Crippen LogP contribution is 2.35. The van der Waals surface area contributed by atoms with E-state index in [9.17, 15) is 5.26 Å². The predicted molar refractivity (Wildman–Crippen MR) is 85.0 cm³/mol. The minimum atomic E-state index is 0.177. The van der Waals surface area contributed by atoms with Crippen LogP contribution in [0.4, 0.5) is 5.69 Å². The first-order valence-corrected chi connectivity index (χ1v) is 7.28. The number of hydrogen-bond acceptors (Lipinski definition) is 4. The first kappa shape index (κ1) is 13.8. The van der Waals surface area contributed by atoms with E-state index in [2.05, 4.69) is 29.8 Å². The van der Waals surface area contributed by atoms with Gasteiger partial charge < -0.3 is 10.6 Å². The van der Waals surface area contributed by atoms with Crippen LogP contribution >= 0.6 is 0 Å². The fourth-order valence-corrected chi connectivity index (χ4v) is 3.41. The summed E-state index contributed by atoms with van der Waals surface area (Å²) in [6.45, 7) is 6.32. The van der Waals surface area contributed by atoms with Gasteiger partial charge in [-0.2, -0.15) is 5.26 Å². The molecule has 0 aliphatic carbocycles. The molecule has 1 atom stereocenters. The van der Waals surface area contributed by atoms with Crippen molar-refractivity contribution in [3.8, 4) is 6.07 Å². The van der Waals surface area contributed by atoms with Gasteiger partial charge in [-0.05, 0) is 36.1 Å². The fraction of sp³-hybridized carbons (Fsp3) is 0.412. The number of nitriles is 1. The van der Waals surface area contributed by atoms with Crippen LogP contribution in [0.1, 0.15) is 25.8 Å². The third kappa shape index (κ3) is 2.57. The summed E-state index contributed by atoms with van der Waals surface area (Å²) in [4.78, 5) is 6.72. The van der Waals surface area contributed by atoms with Gasteiger partial charge in [0.15, 0.2) is 0 Å². The van der Waals surface area contributed by atoms with E-state index >= 15 is 0 Å². The summed E-state index contributed by atoms with van der Waals surface area (Å²) in [5.74, 6) is 0. The summed E-state index contributed by atoms with van der Waals surface area (Å²) >= 11 is 0. The van der Waals surface area contributed by atoms with Crippen molar-refractivity contribution in [1.82, 2.24) is 4.98 Å². The molecule has 4 heteroatoms. The zero-order valence-electron chi connectivity index (χ0n) is 12.5. The monoisotopic (exact) mass is 280 g/mol. The van der Waals surface area contributed by atoms with Crippen LogP contribution in [-0.2, 0) is 0 Å². The summed E-state index contributed by atoms with van der Waals surface area (Å²) in [6, 6.07) is 10.2. The lowest BCUT2D eigenvalue weighted by Crippen LogP contribution is -2.50. The molecule has 4 nitrogen and oxygen atoms in total. The van der Waals surface area contributed by atoms with Gasteiger partial charge in [-0.25, -0.2) is 0 Å². The van der Waals surface area contributed by atoms with E-state index in [1.54, 1.807) is 6.20 Å². The molecule has 3 rings (SSSR count). The number of fused-ring (bicyclic) bond motifs is 1. The molecule has 1 aromatic heterocycles. The second kappa shape index (κ2) is 5.01. The van der Waals surface area contributed by atoms with Crippen LogP contribution in [0.25, 0.3) is 10.9 Å². The highest BCUT2D eigenvalue weighted by molar-refractivity contribution is 5.95. The fourth-order valence-electron chi connectivity index (χ4n) is 3.41. The Morgan fingerprint density at radius 3 is 2.90 bits per heavy atom. The van der Waals surface area contributed by atoms with E-state index in [4.69, 9.17) is 5.73 Å². The van der Waals surface area contributed by atoms with Crippen molar-refractivity contribution < 1.29 is 0 Å². The first-order chi connectivity index (χ1) is 10.00. The summed E-state index contributed by atoms with van der Waals surface area (Å²) < 4.78 is 0. The quantitative estimate of drug-likeness (QED) is 0.872.